The second-order valence-electron chi connectivity index (χ2n) is 8.61. The predicted molar refractivity (Wildman–Crippen MR) is 97.2 cm³/mol. The molecular formula is C20H28N2O3. The molecule has 1 aliphatic carbocycles. The molecular weight excluding hydrogens is 316 g/mol. The fourth-order valence-electron chi connectivity index (χ4n) is 4.72. The topological polar surface area (TPSA) is 69.6 Å². The highest BCUT2D eigenvalue weighted by molar-refractivity contribution is 6.04. The van der Waals surface area contributed by atoms with Crippen LogP contribution in [0, 0.1) is 22.7 Å². The number of para-hydroxylation sites is 1. The van der Waals surface area contributed by atoms with Gasteiger partial charge in [0, 0.05) is 24.4 Å². The van der Waals surface area contributed by atoms with Crippen LogP contribution in [-0.2, 0) is 4.79 Å². The van der Waals surface area contributed by atoms with Crippen molar-refractivity contribution < 1.29 is 14.7 Å². The van der Waals surface area contributed by atoms with Crippen LogP contribution >= 0.6 is 0 Å². The summed E-state index contributed by atoms with van der Waals surface area (Å²) in [7, 11) is 0. The third-order valence-electron chi connectivity index (χ3n) is 5.94. The number of anilines is 1. The van der Waals surface area contributed by atoms with E-state index < -0.39 is 0 Å². The van der Waals surface area contributed by atoms with Crippen molar-refractivity contribution in [1.29, 1.82) is 0 Å². The molecule has 2 aliphatic rings. The maximum atomic E-state index is 13.1. The first-order valence-electron chi connectivity index (χ1n) is 9.00. The third-order valence-corrected chi connectivity index (χ3v) is 5.94. The van der Waals surface area contributed by atoms with Crippen LogP contribution in [0.3, 0.4) is 0 Å². The van der Waals surface area contributed by atoms with Gasteiger partial charge in [0.15, 0.2) is 0 Å². The first-order chi connectivity index (χ1) is 11.7. The number of aliphatic hydroxyl groups is 1. The predicted octanol–water partition coefficient (Wildman–Crippen LogP) is 2.76. The molecule has 1 heterocycles. The number of nitrogens with one attached hydrogen (secondary N) is 1. The van der Waals surface area contributed by atoms with E-state index in [9.17, 15) is 14.7 Å². The number of nitrogens with zero attached hydrogens (tertiary/aromatic N) is 1. The molecule has 136 valence electrons. The summed E-state index contributed by atoms with van der Waals surface area (Å²) in [6, 6.07) is 7.16. The van der Waals surface area contributed by atoms with E-state index in [0.29, 0.717) is 30.3 Å². The number of hydrogen-bond acceptors (Lipinski definition) is 3. The molecule has 1 aromatic carbocycles. The Balaban J connectivity index is 1.82. The van der Waals surface area contributed by atoms with E-state index in [2.05, 4.69) is 19.2 Å². The number of fused-ring (bicyclic) bond motifs is 1. The van der Waals surface area contributed by atoms with E-state index in [-0.39, 0.29) is 35.2 Å². The number of benzene rings is 1. The van der Waals surface area contributed by atoms with Crippen LogP contribution in [0.25, 0.3) is 0 Å². The quantitative estimate of drug-likeness (QED) is 0.882. The molecule has 0 aromatic heterocycles. The van der Waals surface area contributed by atoms with Gasteiger partial charge in [-0.25, -0.2) is 0 Å². The Hall–Kier alpha value is -1.88. The average Bonchev–Trinajstić information content (AvgIpc) is 2.90. The molecule has 0 radical (unpaired) electrons. The lowest BCUT2D eigenvalue weighted by Gasteiger charge is -2.55. The molecule has 1 aromatic rings. The summed E-state index contributed by atoms with van der Waals surface area (Å²) in [5.41, 5.74) is 1.07. The maximum Gasteiger partial charge on any atom is 0.255 e. The summed E-state index contributed by atoms with van der Waals surface area (Å²) in [6.07, 6.45) is 0.941. The van der Waals surface area contributed by atoms with Crippen LogP contribution in [-0.4, -0.2) is 41.5 Å². The van der Waals surface area contributed by atoms with E-state index in [1.165, 1.54) is 0 Å². The van der Waals surface area contributed by atoms with Crippen molar-refractivity contribution in [3.63, 3.8) is 0 Å². The lowest BCUT2D eigenvalue weighted by Crippen LogP contribution is -2.54. The normalized spacial score (nSPS) is 27.0. The van der Waals surface area contributed by atoms with Gasteiger partial charge in [-0.1, -0.05) is 39.8 Å². The Kier molecular flexibility index (Phi) is 4.40. The van der Waals surface area contributed by atoms with E-state index in [4.69, 9.17) is 0 Å². The molecule has 1 saturated carbocycles. The van der Waals surface area contributed by atoms with Gasteiger partial charge in [-0.05, 0) is 29.9 Å². The molecule has 1 aliphatic heterocycles. The Morgan fingerprint density at radius 3 is 2.56 bits per heavy atom. The van der Waals surface area contributed by atoms with Crippen molar-refractivity contribution in [1.82, 2.24) is 4.90 Å². The Labute approximate surface area is 149 Å². The molecule has 0 bridgehead atoms. The summed E-state index contributed by atoms with van der Waals surface area (Å²) in [6.45, 7) is 9.43. The second-order valence-corrected chi connectivity index (χ2v) is 8.61. The van der Waals surface area contributed by atoms with Gasteiger partial charge in [0.05, 0.1) is 17.9 Å². The first-order valence-corrected chi connectivity index (χ1v) is 9.00. The van der Waals surface area contributed by atoms with E-state index >= 15 is 0 Å². The molecule has 2 atom stereocenters. The molecule has 2 N–H and O–H groups in total. The van der Waals surface area contributed by atoms with Gasteiger partial charge in [-0.3, -0.25) is 9.59 Å². The molecule has 2 fully saturated rings. The molecule has 2 amide bonds. The SMILES string of the molecule is CC(C)C(=O)Nc1ccccc1C(=O)N1C[C@@H]2C(C)(C)C[C@]2(CO)C1. The summed E-state index contributed by atoms with van der Waals surface area (Å²) < 4.78 is 0. The highest BCUT2D eigenvalue weighted by Crippen LogP contribution is 2.62. The van der Waals surface area contributed by atoms with Crippen molar-refractivity contribution in [3.05, 3.63) is 29.8 Å². The zero-order chi connectivity index (χ0) is 18.4. The van der Waals surface area contributed by atoms with E-state index in [0.717, 1.165) is 6.42 Å². The molecule has 0 spiro atoms. The molecule has 5 heteroatoms. The maximum absolute atomic E-state index is 13.1. The van der Waals surface area contributed by atoms with Crippen molar-refractivity contribution in [2.45, 2.75) is 34.1 Å². The van der Waals surface area contributed by atoms with Crippen molar-refractivity contribution in [3.8, 4) is 0 Å². The number of likely N-dealkylation sites (tertiary alicyclic amines) is 1. The van der Waals surface area contributed by atoms with Crippen LogP contribution in [0.2, 0.25) is 0 Å². The van der Waals surface area contributed by atoms with Gasteiger partial charge in [-0.15, -0.1) is 0 Å². The largest absolute Gasteiger partial charge is 0.396 e. The van der Waals surface area contributed by atoms with E-state index in [1.807, 2.05) is 30.9 Å². The van der Waals surface area contributed by atoms with Gasteiger partial charge in [-0.2, -0.15) is 0 Å². The number of aliphatic hydroxyl groups excluding tert-OH is 1. The van der Waals surface area contributed by atoms with Gasteiger partial charge in [0.25, 0.3) is 5.91 Å². The lowest BCUT2D eigenvalue weighted by atomic mass is 9.48. The number of carbonyl (C=O) groups is 2. The Morgan fingerprint density at radius 1 is 1.32 bits per heavy atom. The average molecular weight is 344 g/mol. The van der Waals surface area contributed by atoms with Crippen molar-refractivity contribution in [2.75, 3.05) is 25.0 Å². The zero-order valence-corrected chi connectivity index (χ0v) is 15.5. The zero-order valence-electron chi connectivity index (χ0n) is 15.5. The molecule has 25 heavy (non-hydrogen) atoms. The highest BCUT2D eigenvalue weighted by atomic mass is 16.3. The minimum atomic E-state index is -0.157. The van der Waals surface area contributed by atoms with Gasteiger partial charge >= 0.3 is 0 Å². The van der Waals surface area contributed by atoms with Crippen LogP contribution in [0.15, 0.2) is 24.3 Å². The molecule has 0 unspecified atom stereocenters. The van der Waals surface area contributed by atoms with Crippen molar-refractivity contribution in [2.24, 2.45) is 22.7 Å². The van der Waals surface area contributed by atoms with E-state index in [1.54, 1.807) is 12.1 Å². The lowest BCUT2D eigenvalue weighted by molar-refractivity contribution is -0.118. The summed E-state index contributed by atoms with van der Waals surface area (Å²) in [5, 5.41) is 12.7. The van der Waals surface area contributed by atoms with Crippen molar-refractivity contribution >= 4 is 17.5 Å². The number of rotatable bonds is 4. The van der Waals surface area contributed by atoms with Crippen LogP contribution in [0.4, 0.5) is 5.69 Å². The van der Waals surface area contributed by atoms with Gasteiger partial charge in [0.2, 0.25) is 5.91 Å². The summed E-state index contributed by atoms with van der Waals surface area (Å²) >= 11 is 0. The fourth-order valence-corrected chi connectivity index (χ4v) is 4.72. The van der Waals surface area contributed by atoms with Gasteiger partial charge in [0.1, 0.15) is 0 Å². The summed E-state index contributed by atoms with van der Waals surface area (Å²) in [4.78, 5) is 27.0. The number of hydrogen-bond donors (Lipinski definition) is 2. The van der Waals surface area contributed by atoms with Crippen LogP contribution in [0.1, 0.15) is 44.5 Å². The fraction of sp³-hybridized carbons (Fsp3) is 0.600. The monoisotopic (exact) mass is 344 g/mol. The standard InChI is InChI=1S/C20H28N2O3/c1-13(2)17(24)21-15-8-6-5-7-14(15)18(25)22-9-16-19(3,4)10-20(16,11-22)12-23/h5-8,13,16,23H,9-12H2,1-4H3,(H,21,24)/t16-,20-/m1/s1. The van der Waals surface area contributed by atoms with Crippen LogP contribution in [0.5, 0.6) is 0 Å². The second kappa shape index (κ2) is 6.13. The third kappa shape index (κ3) is 2.95. The molecule has 3 rings (SSSR count). The smallest absolute Gasteiger partial charge is 0.255 e. The Morgan fingerprint density at radius 2 is 2.00 bits per heavy atom. The van der Waals surface area contributed by atoms with Crippen LogP contribution < -0.4 is 5.32 Å². The number of amides is 2. The van der Waals surface area contributed by atoms with Gasteiger partial charge < -0.3 is 15.3 Å². The highest BCUT2D eigenvalue weighted by Gasteiger charge is 2.63. The summed E-state index contributed by atoms with van der Waals surface area (Å²) in [5.74, 6) is 0.00278. The minimum Gasteiger partial charge on any atom is -0.396 e. The minimum absolute atomic E-state index is 0.0716. The Bertz CT molecular complexity index is 698. The molecule has 5 nitrogen and oxygen atoms in total. The molecule has 1 saturated heterocycles. The number of carbonyl (C=O) groups excluding carboxylic acids is 2. The first kappa shape index (κ1) is 17.9.